The molecule has 0 aliphatic carbocycles. The second-order valence-corrected chi connectivity index (χ2v) is 4.32. The van der Waals surface area contributed by atoms with Crippen LogP contribution in [0.1, 0.15) is 12.7 Å². The zero-order valence-corrected chi connectivity index (χ0v) is 10.9. The van der Waals surface area contributed by atoms with Crippen LogP contribution in [0, 0.1) is 5.82 Å². The van der Waals surface area contributed by atoms with Crippen LogP contribution in [0.25, 0.3) is 0 Å². The topological polar surface area (TPSA) is 42.7 Å². The summed E-state index contributed by atoms with van der Waals surface area (Å²) in [5.74, 6) is 0.552. The molecule has 1 aromatic carbocycles. The van der Waals surface area contributed by atoms with Gasteiger partial charge in [-0.25, -0.2) is 14.1 Å². The Kier molecular flexibility index (Phi) is 3.73. The first-order valence-electron chi connectivity index (χ1n) is 5.26. The maximum absolute atomic E-state index is 13.1. The molecule has 6 heteroatoms. The van der Waals surface area contributed by atoms with Crippen LogP contribution in [-0.4, -0.2) is 14.8 Å². The number of halogens is 2. The summed E-state index contributed by atoms with van der Waals surface area (Å²) in [4.78, 5) is 4.13. The Morgan fingerprint density at radius 3 is 3.06 bits per heavy atom. The summed E-state index contributed by atoms with van der Waals surface area (Å²) in [5, 5.41) is 7.19. The Morgan fingerprint density at radius 2 is 2.29 bits per heavy atom. The number of nitrogens with zero attached hydrogens (tertiary/aromatic N) is 3. The van der Waals surface area contributed by atoms with Crippen LogP contribution in [0.3, 0.4) is 0 Å². The van der Waals surface area contributed by atoms with Crippen molar-refractivity contribution in [1.82, 2.24) is 14.8 Å². The number of aryl methyl sites for hydroxylation is 1. The SMILES string of the molecule is CCn1ncnc1CNc1cc(F)ccc1Br. The Balaban J connectivity index is 2.09. The third-order valence-electron chi connectivity index (χ3n) is 2.36. The summed E-state index contributed by atoms with van der Waals surface area (Å²) in [7, 11) is 0. The monoisotopic (exact) mass is 298 g/mol. The molecule has 0 amide bonds. The summed E-state index contributed by atoms with van der Waals surface area (Å²) in [6.07, 6.45) is 1.52. The molecule has 0 saturated heterocycles. The number of benzene rings is 1. The first-order chi connectivity index (χ1) is 8.20. The minimum Gasteiger partial charge on any atom is -0.377 e. The molecule has 0 spiro atoms. The Bertz CT molecular complexity index is 512. The van der Waals surface area contributed by atoms with Gasteiger partial charge >= 0.3 is 0 Å². The number of hydrogen-bond donors (Lipinski definition) is 1. The van der Waals surface area contributed by atoms with Gasteiger partial charge in [0.1, 0.15) is 18.0 Å². The summed E-state index contributed by atoms with van der Waals surface area (Å²) < 4.78 is 15.7. The van der Waals surface area contributed by atoms with Gasteiger partial charge in [-0.2, -0.15) is 5.10 Å². The molecular weight excluding hydrogens is 287 g/mol. The van der Waals surface area contributed by atoms with Gasteiger partial charge in [-0.1, -0.05) is 0 Å². The van der Waals surface area contributed by atoms with Crippen LogP contribution in [0.4, 0.5) is 10.1 Å². The molecule has 17 heavy (non-hydrogen) atoms. The summed E-state index contributed by atoms with van der Waals surface area (Å²) in [6, 6.07) is 4.52. The molecule has 2 aromatic rings. The number of rotatable bonds is 4. The zero-order chi connectivity index (χ0) is 12.3. The van der Waals surface area contributed by atoms with Gasteiger partial charge < -0.3 is 5.32 Å². The van der Waals surface area contributed by atoms with E-state index in [9.17, 15) is 4.39 Å². The predicted molar refractivity (Wildman–Crippen MR) is 67.1 cm³/mol. The maximum Gasteiger partial charge on any atom is 0.146 e. The molecule has 1 heterocycles. The van der Waals surface area contributed by atoms with Crippen molar-refractivity contribution in [2.45, 2.75) is 20.0 Å². The highest BCUT2D eigenvalue weighted by atomic mass is 79.9. The van der Waals surface area contributed by atoms with Crippen LogP contribution in [-0.2, 0) is 13.1 Å². The largest absolute Gasteiger partial charge is 0.377 e. The third-order valence-corrected chi connectivity index (χ3v) is 3.05. The van der Waals surface area contributed by atoms with Gasteiger partial charge in [0.2, 0.25) is 0 Å². The quantitative estimate of drug-likeness (QED) is 0.944. The van der Waals surface area contributed by atoms with E-state index in [4.69, 9.17) is 0 Å². The lowest BCUT2D eigenvalue weighted by Gasteiger charge is -2.08. The summed E-state index contributed by atoms with van der Waals surface area (Å²) in [6.45, 7) is 3.27. The lowest BCUT2D eigenvalue weighted by atomic mass is 10.3. The van der Waals surface area contributed by atoms with Gasteiger partial charge in [0.05, 0.1) is 12.2 Å². The average Bonchev–Trinajstić information content (AvgIpc) is 2.77. The van der Waals surface area contributed by atoms with Crippen LogP contribution >= 0.6 is 15.9 Å². The van der Waals surface area contributed by atoms with Crippen molar-refractivity contribution in [1.29, 1.82) is 0 Å². The molecule has 1 aromatic heterocycles. The molecule has 0 radical (unpaired) electrons. The molecule has 1 N–H and O–H groups in total. The van der Waals surface area contributed by atoms with Crippen molar-refractivity contribution in [3.63, 3.8) is 0 Å². The second kappa shape index (κ2) is 5.27. The lowest BCUT2D eigenvalue weighted by Crippen LogP contribution is -2.09. The number of anilines is 1. The fourth-order valence-corrected chi connectivity index (χ4v) is 1.88. The van der Waals surface area contributed by atoms with E-state index in [2.05, 4.69) is 31.3 Å². The predicted octanol–water partition coefficient (Wildman–Crippen LogP) is 2.81. The third kappa shape index (κ3) is 2.82. The zero-order valence-electron chi connectivity index (χ0n) is 9.32. The van der Waals surface area contributed by atoms with E-state index in [1.165, 1.54) is 18.5 Å². The fraction of sp³-hybridized carbons (Fsp3) is 0.273. The van der Waals surface area contributed by atoms with Crippen molar-refractivity contribution in [2.75, 3.05) is 5.32 Å². The lowest BCUT2D eigenvalue weighted by molar-refractivity contribution is 0.620. The molecule has 0 fully saturated rings. The molecule has 0 aliphatic heterocycles. The minimum atomic E-state index is -0.271. The van der Waals surface area contributed by atoms with Gasteiger partial charge in [-0.3, -0.25) is 0 Å². The standard InChI is InChI=1S/C11H12BrFN4/c1-2-17-11(15-7-16-17)6-14-10-5-8(13)3-4-9(10)12/h3-5,7,14H,2,6H2,1H3. The second-order valence-electron chi connectivity index (χ2n) is 3.47. The number of hydrogen-bond acceptors (Lipinski definition) is 3. The molecule has 0 atom stereocenters. The van der Waals surface area contributed by atoms with E-state index in [1.807, 2.05) is 6.92 Å². The molecule has 0 saturated carbocycles. The average molecular weight is 299 g/mol. The molecule has 0 aliphatic rings. The van der Waals surface area contributed by atoms with E-state index in [-0.39, 0.29) is 5.82 Å². The van der Waals surface area contributed by atoms with E-state index in [0.717, 1.165) is 16.8 Å². The maximum atomic E-state index is 13.1. The van der Waals surface area contributed by atoms with Crippen molar-refractivity contribution in [3.05, 3.63) is 40.6 Å². The van der Waals surface area contributed by atoms with Gasteiger partial charge in [0.25, 0.3) is 0 Å². The highest BCUT2D eigenvalue weighted by Crippen LogP contribution is 2.23. The summed E-state index contributed by atoms with van der Waals surface area (Å²) in [5.41, 5.74) is 0.704. The summed E-state index contributed by atoms with van der Waals surface area (Å²) >= 11 is 3.36. The van der Waals surface area contributed by atoms with E-state index >= 15 is 0 Å². The van der Waals surface area contributed by atoms with Gasteiger partial charge in [-0.05, 0) is 41.1 Å². The van der Waals surface area contributed by atoms with E-state index < -0.39 is 0 Å². The molecule has 2 rings (SSSR count). The smallest absolute Gasteiger partial charge is 0.146 e. The fourth-order valence-electron chi connectivity index (χ4n) is 1.50. The first kappa shape index (κ1) is 12.0. The van der Waals surface area contributed by atoms with Crippen molar-refractivity contribution in [2.24, 2.45) is 0 Å². The van der Waals surface area contributed by atoms with Gasteiger partial charge in [-0.15, -0.1) is 0 Å². The number of nitrogens with one attached hydrogen (secondary N) is 1. The molecule has 0 bridgehead atoms. The number of aromatic nitrogens is 3. The highest BCUT2D eigenvalue weighted by Gasteiger charge is 2.05. The van der Waals surface area contributed by atoms with Crippen LogP contribution < -0.4 is 5.32 Å². The Morgan fingerprint density at radius 1 is 1.47 bits per heavy atom. The Hall–Kier alpha value is -1.43. The molecular formula is C11H12BrFN4. The van der Waals surface area contributed by atoms with Crippen molar-refractivity contribution in [3.8, 4) is 0 Å². The van der Waals surface area contributed by atoms with Crippen molar-refractivity contribution >= 4 is 21.6 Å². The normalized spacial score (nSPS) is 10.5. The Labute approximate surface area is 107 Å². The van der Waals surface area contributed by atoms with Crippen molar-refractivity contribution < 1.29 is 4.39 Å². The van der Waals surface area contributed by atoms with E-state index in [1.54, 1.807) is 10.7 Å². The van der Waals surface area contributed by atoms with Crippen LogP contribution in [0.15, 0.2) is 29.0 Å². The highest BCUT2D eigenvalue weighted by molar-refractivity contribution is 9.10. The molecule has 90 valence electrons. The van der Waals surface area contributed by atoms with Crippen LogP contribution in [0.5, 0.6) is 0 Å². The van der Waals surface area contributed by atoms with Crippen LogP contribution in [0.2, 0.25) is 0 Å². The van der Waals surface area contributed by atoms with Gasteiger partial charge in [0.15, 0.2) is 0 Å². The van der Waals surface area contributed by atoms with E-state index in [0.29, 0.717) is 12.2 Å². The first-order valence-corrected chi connectivity index (χ1v) is 6.05. The molecule has 4 nitrogen and oxygen atoms in total. The minimum absolute atomic E-state index is 0.271. The van der Waals surface area contributed by atoms with Gasteiger partial charge in [0, 0.05) is 11.0 Å². The molecule has 0 unspecified atom stereocenters.